The minimum Gasteiger partial charge on any atom is -0.494 e. The summed E-state index contributed by atoms with van der Waals surface area (Å²) in [7, 11) is 3.44. The minimum absolute atomic E-state index is 0.00767. The number of hydrogen-bond acceptors (Lipinski definition) is 9. The molecule has 2 aromatic carbocycles. The molecule has 3 heterocycles. The standard InChI is InChI=1S/C25H20N6O2S/c1-26-25-19-10-18(15-5-3-6-16(9-15)20(32)12-22-31-28-14-34-22)11-21(33-2)23(19)29-24(30-25)17-7-4-8-27-13-17/h3-11,13-14H,12H2,1-2H3,(H,26,29,30). The van der Waals surface area contributed by atoms with E-state index >= 15 is 0 Å². The zero-order valence-corrected chi connectivity index (χ0v) is 19.3. The summed E-state index contributed by atoms with van der Waals surface area (Å²) in [6.07, 6.45) is 3.67. The number of anilines is 1. The van der Waals surface area contributed by atoms with Crippen LogP contribution in [0.3, 0.4) is 0 Å². The van der Waals surface area contributed by atoms with E-state index in [0.717, 1.165) is 22.1 Å². The second-order valence-corrected chi connectivity index (χ2v) is 8.39. The Hall–Kier alpha value is -4.24. The van der Waals surface area contributed by atoms with E-state index in [-0.39, 0.29) is 12.2 Å². The molecule has 0 radical (unpaired) electrons. The summed E-state index contributed by atoms with van der Waals surface area (Å²) in [5, 5.41) is 12.5. The second-order valence-electron chi connectivity index (χ2n) is 7.48. The first-order valence-corrected chi connectivity index (χ1v) is 11.4. The van der Waals surface area contributed by atoms with Crippen molar-refractivity contribution in [3.8, 4) is 28.3 Å². The molecule has 0 aliphatic rings. The van der Waals surface area contributed by atoms with Crippen LogP contribution < -0.4 is 10.1 Å². The van der Waals surface area contributed by atoms with Crippen LogP contribution in [0.4, 0.5) is 5.82 Å². The molecule has 34 heavy (non-hydrogen) atoms. The fourth-order valence-corrected chi connectivity index (χ4v) is 4.25. The molecule has 0 bridgehead atoms. The monoisotopic (exact) mass is 468 g/mol. The van der Waals surface area contributed by atoms with Crippen LogP contribution in [0.1, 0.15) is 15.4 Å². The zero-order chi connectivity index (χ0) is 23.5. The van der Waals surface area contributed by atoms with Crippen LogP contribution in [0.25, 0.3) is 33.4 Å². The summed E-state index contributed by atoms with van der Waals surface area (Å²) >= 11 is 1.37. The quantitative estimate of drug-likeness (QED) is 0.343. The van der Waals surface area contributed by atoms with Crippen LogP contribution in [0.5, 0.6) is 5.75 Å². The molecule has 5 aromatic rings. The predicted molar refractivity (Wildman–Crippen MR) is 132 cm³/mol. The topological polar surface area (TPSA) is 103 Å². The van der Waals surface area contributed by atoms with E-state index in [9.17, 15) is 4.79 Å². The Morgan fingerprint density at radius 1 is 1.06 bits per heavy atom. The van der Waals surface area contributed by atoms with Gasteiger partial charge in [0.15, 0.2) is 11.6 Å². The number of nitrogens with one attached hydrogen (secondary N) is 1. The first-order valence-electron chi connectivity index (χ1n) is 10.5. The van der Waals surface area contributed by atoms with E-state index in [1.54, 1.807) is 25.0 Å². The number of carbonyl (C=O) groups excluding carboxylic acids is 1. The summed E-state index contributed by atoms with van der Waals surface area (Å²) in [4.78, 5) is 26.4. The van der Waals surface area contributed by atoms with Crippen molar-refractivity contribution in [3.05, 3.63) is 77.0 Å². The van der Waals surface area contributed by atoms with E-state index in [1.165, 1.54) is 11.3 Å². The molecule has 168 valence electrons. The summed E-state index contributed by atoms with van der Waals surface area (Å²) in [6.45, 7) is 0. The van der Waals surface area contributed by atoms with Gasteiger partial charge in [-0.2, -0.15) is 0 Å². The van der Waals surface area contributed by atoms with Gasteiger partial charge in [-0.3, -0.25) is 9.78 Å². The molecule has 0 saturated carbocycles. The van der Waals surface area contributed by atoms with Gasteiger partial charge in [0.25, 0.3) is 0 Å². The van der Waals surface area contributed by atoms with Gasteiger partial charge in [-0.25, -0.2) is 9.97 Å². The van der Waals surface area contributed by atoms with E-state index in [2.05, 4.69) is 20.5 Å². The molecule has 0 saturated heterocycles. The number of nitrogens with zero attached hydrogens (tertiary/aromatic N) is 5. The molecule has 0 amide bonds. The fourth-order valence-electron chi connectivity index (χ4n) is 3.72. The molecule has 3 aromatic heterocycles. The fraction of sp³-hybridized carbons (Fsp3) is 0.120. The lowest BCUT2D eigenvalue weighted by Crippen LogP contribution is -2.03. The first kappa shape index (κ1) is 21.6. The molecular weight excluding hydrogens is 448 g/mol. The number of fused-ring (bicyclic) bond motifs is 1. The van der Waals surface area contributed by atoms with E-state index < -0.39 is 0 Å². The van der Waals surface area contributed by atoms with Gasteiger partial charge in [-0.1, -0.05) is 18.2 Å². The summed E-state index contributed by atoms with van der Waals surface area (Å²) in [5.74, 6) is 1.83. The summed E-state index contributed by atoms with van der Waals surface area (Å²) < 4.78 is 5.71. The molecule has 0 aliphatic heterocycles. The van der Waals surface area contributed by atoms with Crippen LogP contribution in [0.2, 0.25) is 0 Å². The summed E-state index contributed by atoms with van der Waals surface area (Å²) in [6, 6.07) is 15.2. The molecule has 0 unspecified atom stereocenters. The average Bonchev–Trinajstić information content (AvgIpc) is 3.41. The van der Waals surface area contributed by atoms with Crippen LogP contribution in [-0.2, 0) is 6.42 Å². The molecule has 9 heteroatoms. The third kappa shape index (κ3) is 4.20. The van der Waals surface area contributed by atoms with Gasteiger partial charge in [-0.15, -0.1) is 21.5 Å². The number of benzene rings is 2. The van der Waals surface area contributed by atoms with E-state index in [4.69, 9.17) is 14.7 Å². The van der Waals surface area contributed by atoms with Crippen molar-refractivity contribution in [2.45, 2.75) is 6.42 Å². The highest BCUT2D eigenvalue weighted by molar-refractivity contribution is 7.09. The SMILES string of the molecule is CNc1nc(-c2cccnc2)nc2c(OC)cc(-c3cccc(C(=O)Cc4nncs4)c3)cc12. The lowest BCUT2D eigenvalue weighted by molar-refractivity contribution is 0.0992. The van der Waals surface area contributed by atoms with Gasteiger partial charge < -0.3 is 10.1 Å². The highest BCUT2D eigenvalue weighted by Gasteiger charge is 2.16. The van der Waals surface area contributed by atoms with Gasteiger partial charge in [0, 0.05) is 36.0 Å². The van der Waals surface area contributed by atoms with Crippen molar-refractivity contribution < 1.29 is 9.53 Å². The molecule has 5 rings (SSSR count). The Labute approximate surface area is 199 Å². The van der Waals surface area contributed by atoms with Crippen molar-refractivity contribution >= 4 is 33.8 Å². The van der Waals surface area contributed by atoms with Crippen molar-refractivity contribution in [3.63, 3.8) is 0 Å². The number of ketones is 1. The van der Waals surface area contributed by atoms with Crippen molar-refractivity contribution in [1.29, 1.82) is 0 Å². The number of rotatable bonds is 7. The van der Waals surface area contributed by atoms with Gasteiger partial charge in [-0.05, 0) is 41.5 Å². The number of carbonyl (C=O) groups is 1. The number of ether oxygens (including phenoxy) is 1. The van der Waals surface area contributed by atoms with Gasteiger partial charge >= 0.3 is 0 Å². The van der Waals surface area contributed by atoms with Gasteiger partial charge in [0.1, 0.15) is 27.6 Å². The number of pyridine rings is 1. The Morgan fingerprint density at radius 2 is 1.94 bits per heavy atom. The van der Waals surface area contributed by atoms with Crippen LogP contribution in [0.15, 0.2) is 66.4 Å². The van der Waals surface area contributed by atoms with Crippen LogP contribution in [0, 0.1) is 0 Å². The third-order valence-corrected chi connectivity index (χ3v) is 6.07. The van der Waals surface area contributed by atoms with Crippen molar-refractivity contribution in [1.82, 2.24) is 25.1 Å². The molecule has 0 spiro atoms. The zero-order valence-electron chi connectivity index (χ0n) is 18.5. The number of aromatic nitrogens is 5. The summed E-state index contributed by atoms with van der Waals surface area (Å²) in [5.41, 5.74) is 5.53. The molecule has 0 aliphatic carbocycles. The molecule has 0 fully saturated rings. The maximum Gasteiger partial charge on any atom is 0.169 e. The maximum absolute atomic E-state index is 12.8. The number of hydrogen-bond donors (Lipinski definition) is 1. The highest BCUT2D eigenvalue weighted by atomic mass is 32.1. The lowest BCUT2D eigenvalue weighted by Gasteiger charge is -2.14. The molecule has 0 atom stereocenters. The molecular formula is C25H20N6O2S. The van der Waals surface area contributed by atoms with Crippen molar-refractivity contribution in [2.24, 2.45) is 0 Å². The Morgan fingerprint density at radius 3 is 2.68 bits per heavy atom. The van der Waals surface area contributed by atoms with Gasteiger partial charge in [0.2, 0.25) is 0 Å². The lowest BCUT2D eigenvalue weighted by atomic mass is 9.98. The predicted octanol–water partition coefficient (Wildman–Crippen LogP) is 4.69. The number of methoxy groups -OCH3 is 1. The highest BCUT2D eigenvalue weighted by Crippen LogP contribution is 2.36. The molecule has 8 nitrogen and oxygen atoms in total. The second kappa shape index (κ2) is 9.32. The van der Waals surface area contributed by atoms with Crippen LogP contribution >= 0.6 is 11.3 Å². The minimum atomic E-state index is -0.00767. The number of Topliss-reactive ketones (excluding diaryl/α,β-unsaturated/α-hetero) is 1. The van der Waals surface area contributed by atoms with Crippen molar-refractivity contribution in [2.75, 3.05) is 19.5 Å². The largest absolute Gasteiger partial charge is 0.494 e. The average molecular weight is 469 g/mol. The third-order valence-electron chi connectivity index (χ3n) is 5.38. The Balaban J connectivity index is 1.59. The Kier molecular flexibility index (Phi) is 5.92. The normalized spacial score (nSPS) is 10.9. The van der Waals surface area contributed by atoms with E-state index in [1.807, 2.05) is 55.6 Å². The molecule has 1 N–H and O–H groups in total. The van der Waals surface area contributed by atoms with Crippen LogP contribution in [-0.4, -0.2) is 45.1 Å². The maximum atomic E-state index is 12.8. The van der Waals surface area contributed by atoms with Gasteiger partial charge in [0.05, 0.1) is 13.5 Å². The smallest absolute Gasteiger partial charge is 0.169 e. The Bertz CT molecular complexity index is 1470. The van der Waals surface area contributed by atoms with E-state index in [0.29, 0.717) is 33.5 Å². The first-order chi connectivity index (χ1) is 16.7.